The molecule has 0 saturated heterocycles. The van der Waals surface area contributed by atoms with Crippen LogP contribution in [0.1, 0.15) is 23.3 Å². The third kappa shape index (κ3) is 5.97. The molecule has 1 heterocycles. The van der Waals surface area contributed by atoms with Gasteiger partial charge in [0.2, 0.25) is 0 Å². The van der Waals surface area contributed by atoms with E-state index >= 15 is 0 Å². The number of methoxy groups -OCH3 is 1. The average Bonchev–Trinajstić information content (AvgIpc) is 2.91. The number of benzene rings is 1. The largest absolute Gasteiger partial charge is 0.486 e. The molecule has 0 amide bonds. The molecule has 0 aliphatic rings. The SMILES string of the molecule is COc1sc(CNC(CCC(=O)O)Cc2ccccc2)cc1Br. The van der Waals surface area contributed by atoms with Crippen molar-refractivity contribution in [1.29, 1.82) is 0 Å². The van der Waals surface area contributed by atoms with Gasteiger partial charge >= 0.3 is 5.97 Å². The van der Waals surface area contributed by atoms with Gasteiger partial charge in [-0.15, -0.1) is 11.3 Å². The number of carbonyl (C=O) groups is 1. The molecule has 124 valence electrons. The van der Waals surface area contributed by atoms with Crippen molar-refractivity contribution in [3.05, 3.63) is 51.3 Å². The fraction of sp³-hybridized carbons (Fsp3) is 0.353. The lowest BCUT2D eigenvalue weighted by Gasteiger charge is -2.17. The average molecular weight is 398 g/mol. The van der Waals surface area contributed by atoms with Crippen LogP contribution in [0.2, 0.25) is 0 Å². The third-order valence-corrected chi connectivity index (χ3v) is 5.44. The fourth-order valence-corrected chi connectivity index (χ4v) is 3.98. The molecular formula is C17H20BrNO3S. The van der Waals surface area contributed by atoms with E-state index in [9.17, 15) is 4.79 Å². The van der Waals surface area contributed by atoms with Crippen molar-refractivity contribution in [2.24, 2.45) is 0 Å². The molecule has 0 radical (unpaired) electrons. The number of halogens is 1. The summed E-state index contributed by atoms with van der Waals surface area (Å²) < 4.78 is 6.22. The molecule has 1 aromatic heterocycles. The quantitative estimate of drug-likeness (QED) is 0.668. The number of aliphatic carboxylic acids is 1. The molecule has 1 aromatic carbocycles. The fourth-order valence-electron chi connectivity index (χ4n) is 2.34. The summed E-state index contributed by atoms with van der Waals surface area (Å²) in [7, 11) is 1.65. The third-order valence-electron chi connectivity index (χ3n) is 3.49. The topological polar surface area (TPSA) is 58.6 Å². The monoisotopic (exact) mass is 397 g/mol. The second-order valence-corrected chi connectivity index (χ2v) is 7.21. The smallest absolute Gasteiger partial charge is 0.303 e. The van der Waals surface area contributed by atoms with Gasteiger partial charge in [-0.05, 0) is 40.4 Å². The standard InChI is InChI=1S/C17H20BrNO3S/c1-22-17-15(18)10-14(23-17)11-19-13(7-8-16(20)21)9-12-5-3-2-4-6-12/h2-6,10,13,19H,7-9,11H2,1H3,(H,20,21). The Morgan fingerprint density at radius 3 is 2.74 bits per heavy atom. The van der Waals surface area contributed by atoms with Gasteiger partial charge in [-0.1, -0.05) is 30.3 Å². The minimum absolute atomic E-state index is 0.125. The van der Waals surface area contributed by atoms with Gasteiger partial charge in [-0.25, -0.2) is 0 Å². The molecule has 0 spiro atoms. The van der Waals surface area contributed by atoms with Gasteiger partial charge in [0, 0.05) is 23.9 Å². The molecule has 0 aliphatic heterocycles. The zero-order valence-corrected chi connectivity index (χ0v) is 15.3. The van der Waals surface area contributed by atoms with Crippen LogP contribution in [0.5, 0.6) is 5.06 Å². The summed E-state index contributed by atoms with van der Waals surface area (Å²) in [4.78, 5) is 12.0. The van der Waals surface area contributed by atoms with E-state index in [-0.39, 0.29) is 12.5 Å². The highest BCUT2D eigenvalue weighted by Gasteiger charge is 2.13. The van der Waals surface area contributed by atoms with Crippen LogP contribution < -0.4 is 10.1 Å². The van der Waals surface area contributed by atoms with Crippen molar-refractivity contribution in [1.82, 2.24) is 5.32 Å². The molecule has 0 aliphatic carbocycles. The molecule has 2 rings (SSSR count). The van der Waals surface area contributed by atoms with Crippen molar-refractivity contribution in [2.45, 2.75) is 31.8 Å². The Bertz CT molecular complexity index is 630. The number of hydrogen-bond acceptors (Lipinski definition) is 4. The van der Waals surface area contributed by atoms with E-state index in [1.165, 1.54) is 5.56 Å². The van der Waals surface area contributed by atoms with Gasteiger partial charge in [0.15, 0.2) is 5.06 Å². The molecule has 6 heteroatoms. The second kappa shape index (κ2) is 9.05. The van der Waals surface area contributed by atoms with Crippen LogP contribution in [0.15, 0.2) is 40.9 Å². The molecule has 2 aromatic rings. The van der Waals surface area contributed by atoms with Crippen molar-refractivity contribution < 1.29 is 14.6 Å². The van der Waals surface area contributed by atoms with E-state index in [2.05, 4.69) is 33.4 Å². The Hall–Kier alpha value is -1.37. The van der Waals surface area contributed by atoms with E-state index < -0.39 is 5.97 Å². The first kappa shape index (κ1) is 18.0. The summed E-state index contributed by atoms with van der Waals surface area (Å²) in [5, 5.41) is 13.3. The van der Waals surface area contributed by atoms with Gasteiger partial charge in [-0.3, -0.25) is 4.79 Å². The van der Waals surface area contributed by atoms with Crippen LogP contribution >= 0.6 is 27.3 Å². The first-order valence-electron chi connectivity index (χ1n) is 7.39. The maximum absolute atomic E-state index is 10.9. The van der Waals surface area contributed by atoms with E-state index in [1.807, 2.05) is 24.3 Å². The Morgan fingerprint density at radius 1 is 1.39 bits per heavy atom. The Balaban J connectivity index is 1.96. The summed E-state index contributed by atoms with van der Waals surface area (Å²) in [5.74, 6) is -0.759. The lowest BCUT2D eigenvalue weighted by atomic mass is 10.0. The molecule has 1 unspecified atom stereocenters. The van der Waals surface area contributed by atoms with Crippen molar-refractivity contribution in [3.8, 4) is 5.06 Å². The van der Waals surface area contributed by atoms with Crippen LogP contribution in [0, 0.1) is 0 Å². The normalized spacial score (nSPS) is 12.1. The maximum atomic E-state index is 10.9. The zero-order chi connectivity index (χ0) is 16.7. The number of carboxylic acid groups (broad SMARTS) is 1. The molecular weight excluding hydrogens is 378 g/mol. The number of rotatable bonds is 9. The van der Waals surface area contributed by atoms with Gasteiger partial charge in [0.05, 0.1) is 11.6 Å². The highest BCUT2D eigenvalue weighted by atomic mass is 79.9. The number of hydrogen-bond donors (Lipinski definition) is 2. The van der Waals surface area contributed by atoms with Crippen molar-refractivity contribution in [2.75, 3.05) is 7.11 Å². The van der Waals surface area contributed by atoms with Crippen LogP contribution in [0.4, 0.5) is 0 Å². The highest BCUT2D eigenvalue weighted by Crippen LogP contribution is 2.34. The minimum atomic E-state index is -0.759. The Kier molecular flexibility index (Phi) is 7.08. The predicted molar refractivity (Wildman–Crippen MR) is 96.2 cm³/mol. The lowest BCUT2D eigenvalue weighted by molar-refractivity contribution is -0.137. The summed E-state index contributed by atoms with van der Waals surface area (Å²) in [6.07, 6.45) is 1.59. The van der Waals surface area contributed by atoms with E-state index in [1.54, 1.807) is 18.4 Å². The molecule has 4 nitrogen and oxygen atoms in total. The van der Waals surface area contributed by atoms with Crippen molar-refractivity contribution >= 4 is 33.2 Å². The molecule has 23 heavy (non-hydrogen) atoms. The minimum Gasteiger partial charge on any atom is -0.486 e. The van der Waals surface area contributed by atoms with Crippen LogP contribution in [0.25, 0.3) is 0 Å². The van der Waals surface area contributed by atoms with Crippen LogP contribution in [0.3, 0.4) is 0 Å². The summed E-state index contributed by atoms with van der Waals surface area (Å²) in [6.45, 7) is 0.698. The lowest BCUT2D eigenvalue weighted by Crippen LogP contribution is -2.31. The second-order valence-electron chi connectivity index (χ2n) is 5.25. The van der Waals surface area contributed by atoms with Crippen molar-refractivity contribution in [3.63, 3.8) is 0 Å². The van der Waals surface area contributed by atoms with Gasteiger partial charge in [-0.2, -0.15) is 0 Å². The van der Waals surface area contributed by atoms with E-state index in [0.717, 1.165) is 20.8 Å². The molecule has 0 fully saturated rings. The summed E-state index contributed by atoms with van der Waals surface area (Å²) in [5.41, 5.74) is 1.21. The predicted octanol–water partition coefficient (Wildman–Crippen LogP) is 4.08. The van der Waals surface area contributed by atoms with Gasteiger partial charge in [0.1, 0.15) is 0 Å². The Labute approximate surface area is 148 Å². The first-order chi connectivity index (χ1) is 11.1. The zero-order valence-electron chi connectivity index (χ0n) is 12.9. The first-order valence-corrected chi connectivity index (χ1v) is 9.00. The molecule has 0 saturated carbocycles. The number of nitrogens with one attached hydrogen (secondary N) is 1. The number of thiophene rings is 1. The van der Waals surface area contributed by atoms with Crippen LogP contribution in [-0.4, -0.2) is 24.2 Å². The van der Waals surface area contributed by atoms with Gasteiger partial charge in [0.25, 0.3) is 0 Å². The maximum Gasteiger partial charge on any atom is 0.303 e. The van der Waals surface area contributed by atoms with E-state index in [4.69, 9.17) is 9.84 Å². The summed E-state index contributed by atoms with van der Waals surface area (Å²) >= 11 is 5.05. The summed E-state index contributed by atoms with van der Waals surface area (Å²) in [6, 6.07) is 12.3. The van der Waals surface area contributed by atoms with E-state index in [0.29, 0.717) is 13.0 Å². The van der Waals surface area contributed by atoms with Gasteiger partial charge < -0.3 is 15.2 Å². The Morgan fingerprint density at radius 2 is 2.13 bits per heavy atom. The molecule has 0 bridgehead atoms. The number of carboxylic acids is 1. The molecule has 1 atom stereocenters. The van der Waals surface area contributed by atoms with Crippen LogP contribution in [-0.2, 0) is 17.8 Å². The highest BCUT2D eigenvalue weighted by molar-refractivity contribution is 9.10. The molecule has 2 N–H and O–H groups in total. The number of ether oxygens (including phenoxy) is 1.